The number of barbiturate groups is 1. The van der Waals surface area contributed by atoms with Crippen LogP contribution in [-0.2, 0) is 15.0 Å². The molecule has 1 saturated heterocycles. The monoisotopic (exact) mass is 626 g/mol. The largest absolute Gasteiger partial charge is 0.493 e. The van der Waals surface area contributed by atoms with E-state index in [1.807, 2.05) is 25.1 Å². The minimum Gasteiger partial charge on any atom is -0.493 e. The lowest BCUT2D eigenvalue weighted by molar-refractivity contribution is -0.122. The number of amides is 4. The van der Waals surface area contributed by atoms with Gasteiger partial charge in [0.15, 0.2) is 11.5 Å². The van der Waals surface area contributed by atoms with Crippen molar-refractivity contribution in [3.8, 4) is 11.5 Å². The zero-order valence-corrected chi connectivity index (χ0v) is 23.7. The number of urea groups is 1. The summed E-state index contributed by atoms with van der Waals surface area (Å²) in [6.45, 7) is 2.37. The molecule has 0 radical (unpaired) electrons. The molecule has 4 saturated carbocycles. The Bertz CT molecular complexity index is 1310. The number of carbonyl (C=O) groups excluding carboxylic acids is 3. The average Bonchev–Trinajstić information content (AvgIpc) is 2.87. The van der Waals surface area contributed by atoms with E-state index < -0.39 is 17.8 Å². The molecule has 1 heterocycles. The van der Waals surface area contributed by atoms with E-state index in [1.165, 1.54) is 57.3 Å². The van der Waals surface area contributed by atoms with E-state index >= 15 is 0 Å². The summed E-state index contributed by atoms with van der Waals surface area (Å²) in [5.41, 5.74) is 2.48. The number of anilines is 1. The summed E-state index contributed by atoms with van der Waals surface area (Å²) in [6.07, 6.45) is 9.35. The van der Waals surface area contributed by atoms with E-state index in [-0.39, 0.29) is 11.0 Å². The Balaban J connectivity index is 1.29. The van der Waals surface area contributed by atoms with Gasteiger partial charge in [0, 0.05) is 0 Å². The van der Waals surface area contributed by atoms with Crippen LogP contribution in [0.3, 0.4) is 0 Å². The molecule has 198 valence electrons. The minimum absolute atomic E-state index is 0.114. The van der Waals surface area contributed by atoms with Crippen LogP contribution in [0.25, 0.3) is 6.08 Å². The summed E-state index contributed by atoms with van der Waals surface area (Å²) in [6, 6.07) is 10.7. The Morgan fingerprint density at radius 2 is 1.66 bits per heavy atom. The summed E-state index contributed by atoms with van der Waals surface area (Å²) in [4.78, 5) is 40.0. The second kappa shape index (κ2) is 9.70. The highest BCUT2D eigenvalue weighted by molar-refractivity contribution is 14.1. The van der Waals surface area contributed by atoms with Gasteiger partial charge in [-0.2, -0.15) is 0 Å². The summed E-state index contributed by atoms with van der Waals surface area (Å²) < 4.78 is 11.9. The molecule has 8 heteroatoms. The number of imide groups is 2. The molecule has 0 atom stereocenters. The van der Waals surface area contributed by atoms with Crippen LogP contribution in [0, 0.1) is 21.3 Å². The first-order valence-corrected chi connectivity index (χ1v) is 14.4. The zero-order chi connectivity index (χ0) is 26.6. The number of rotatable bonds is 6. The van der Waals surface area contributed by atoms with E-state index in [2.05, 4.69) is 40.0 Å². The molecule has 7 rings (SSSR count). The number of hydrogen-bond donors (Lipinski definition) is 1. The van der Waals surface area contributed by atoms with Crippen molar-refractivity contribution in [1.82, 2.24) is 5.32 Å². The average molecular weight is 626 g/mol. The van der Waals surface area contributed by atoms with E-state index in [9.17, 15) is 14.4 Å². The van der Waals surface area contributed by atoms with E-state index in [1.54, 1.807) is 6.07 Å². The van der Waals surface area contributed by atoms with Gasteiger partial charge in [-0.3, -0.25) is 14.9 Å². The van der Waals surface area contributed by atoms with Crippen LogP contribution in [0.15, 0.2) is 42.0 Å². The Morgan fingerprint density at radius 3 is 2.24 bits per heavy atom. The molecule has 7 nitrogen and oxygen atoms in total. The molecule has 2 aromatic rings. The van der Waals surface area contributed by atoms with Crippen molar-refractivity contribution < 1.29 is 23.9 Å². The topological polar surface area (TPSA) is 84.9 Å². The standard InChI is InChI=1S/C30H31IN2O5/c1-3-38-26-24(31)12-17(13-25(26)37-2)11-23-27(34)32-29(36)33(28(23)35)22-6-4-21(5-7-22)30-14-18-8-19(15-30)10-20(9-18)16-30/h4-7,11-13,18-20H,3,8-10,14-16H2,1-2H3,(H,32,34,36)/b23-11-. The van der Waals surface area contributed by atoms with Gasteiger partial charge in [-0.1, -0.05) is 12.1 Å². The molecule has 2 aromatic carbocycles. The molecule has 38 heavy (non-hydrogen) atoms. The quantitative estimate of drug-likeness (QED) is 0.248. The van der Waals surface area contributed by atoms with Crippen LogP contribution < -0.4 is 19.7 Å². The summed E-state index contributed by atoms with van der Waals surface area (Å²) in [7, 11) is 1.54. The van der Waals surface area contributed by atoms with Crippen LogP contribution in [0.5, 0.6) is 11.5 Å². The Labute approximate surface area is 236 Å². The highest BCUT2D eigenvalue weighted by Gasteiger charge is 2.51. The SMILES string of the molecule is CCOc1c(I)cc(/C=C2/C(=O)NC(=O)N(c3ccc(C45CC6CC(CC(C6)C4)C5)cc3)C2=O)cc1OC. The Morgan fingerprint density at radius 1 is 1.03 bits per heavy atom. The smallest absolute Gasteiger partial charge is 0.335 e. The van der Waals surface area contributed by atoms with Crippen LogP contribution in [0.1, 0.15) is 56.6 Å². The van der Waals surface area contributed by atoms with Crippen molar-refractivity contribution >= 4 is 52.2 Å². The molecule has 5 fully saturated rings. The fraction of sp³-hybridized carbons (Fsp3) is 0.433. The molecule has 1 N–H and O–H groups in total. The number of halogens is 1. The molecule has 1 aliphatic heterocycles. The molecule has 0 aromatic heterocycles. The first-order chi connectivity index (χ1) is 18.3. The van der Waals surface area contributed by atoms with Crippen LogP contribution in [-0.4, -0.2) is 31.6 Å². The molecular weight excluding hydrogens is 595 g/mol. The Hall–Kier alpha value is -2.88. The minimum atomic E-state index is -0.737. The predicted molar refractivity (Wildman–Crippen MR) is 152 cm³/mol. The normalized spacial score (nSPS) is 29.1. The van der Waals surface area contributed by atoms with Gasteiger partial charge >= 0.3 is 6.03 Å². The Kier molecular flexibility index (Phi) is 6.48. The lowest BCUT2D eigenvalue weighted by atomic mass is 9.48. The van der Waals surface area contributed by atoms with Crippen molar-refractivity contribution in [2.75, 3.05) is 18.6 Å². The fourth-order valence-corrected chi connectivity index (χ4v) is 8.38. The first-order valence-electron chi connectivity index (χ1n) is 13.3. The fourth-order valence-electron chi connectivity index (χ4n) is 7.59. The third kappa shape index (κ3) is 4.30. The molecule has 0 unspecified atom stereocenters. The summed E-state index contributed by atoms with van der Waals surface area (Å²) in [5.74, 6) is 2.24. The van der Waals surface area contributed by atoms with Gasteiger partial charge in [-0.05, 0) is 133 Å². The highest BCUT2D eigenvalue weighted by Crippen LogP contribution is 2.60. The van der Waals surface area contributed by atoms with Gasteiger partial charge in [0.05, 0.1) is 23.0 Å². The van der Waals surface area contributed by atoms with Gasteiger partial charge < -0.3 is 9.47 Å². The molecule has 5 aliphatic rings. The van der Waals surface area contributed by atoms with E-state index in [0.717, 1.165) is 26.2 Å². The second-order valence-electron chi connectivity index (χ2n) is 11.2. The van der Waals surface area contributed by atoms with Crippen molar-refractivity contribution in [1.29, 1.82) is 0 Å². The van der Waals surface area contributed by atoms with Crippen molar-refractivity contribution in [3.63, 3.8) is 0 Å². The third-order valence-corrected chi connectivity index (χ3v) is 9.53. The maximum Gasteiger partial charge on any atom is 0.335 e. The van der Waals surface area contributed by atoms with E-state index in [4.69, 9.17) is 9.47 Å². The zero-order valence-electron chi connectivity index (χ0n) is 21.6. The molecular formula is C30H31IN2O5. The molecule has 4 amide bonds. The van der Waals surface area contributed by atoms with Crippen molar-refractivity contribution in [2.24, 2.45) is 17.8 Å². The van der Waals surface area contributed by atoms with Crippen LogP contribution in [0.2, 0.25) is 0 Å². The van der Waals surface area contributed by atoms with Gasteiger partial charge in [0.25, 0.3) is 11.8 Å². The van der Waals surface area contributed by atoms with Crippen molar-refractivity contribution in [2.45, 2.75) is 50.9 Å². The summed E-state index contributed by atoms with van der Waals surface area (Å²) in [5, 5.41) is 2.33. The van der Waals surface area contributed by atoms with E-state index in [0.29, 0.717) is 29.4 Å². The predicted octanol–water partition coefficient (Wildman–Crippen LogP) is 5.83. The number of nitrogens with zero attached hydrogens (tertiary/aromatic N) is 1. The first kappa shape index (κ1) is 25.4. The van der Waals surface area contributed by atoms with Crippen molar-refractivity contribution in [3.05, 3.63) is 56.7 Å². The highest BCUT2D eigenvalue weighted by atomic mass is 127. The molecule has 4 aliphatic carbocycles. The number of methoxy groups -OCH3 is 1. The maximum absolute atomic E-state index is 13.5. The van der Waals surface area contributed by atoms with Crippen LogP contribution >= 0.6 is 22.6 Å². The van der Waals surface area contributed by atoms with Gasteiger partial charge in [-0.15, -0.1) is 0 Å². The lowest BCUT2D eigenvalue weighted by Gasteiger charge is -2.57. The number of carbonyl (C=O) groups is 3. The second-order valence-corrected chi connectivity index (χ2v) is 12.3. The van der Waals surface area contributed by atoms with Gasteiger partial charge in [0.1, 0.15) is 5.57 Å². The number of hydrogen-bond acceptors (Lipinski definition) is 5. The molecule has 0 spiro atoms. The number of benzene rings is 2. The molecule has 4 bridgehead atoms. The van der Waals surface area contributed by atoms with Crippen LogP contribution in [0.4, 0.5) is 10.5 Å². The van der Waals surface area contributed by atoms with Gasteiger partial charge in [0.2, 0.25) is 0 Å². The lowest BCUT2D eigenvalue weighted by Crippen LogP contribution is -2.54. The summed E-state index contributed by atoms with van der Waals surface area (Å²) >= 11 is 2.13. The third-order valence-electron chi connectivity index (χ3n) is 8.73. The maximum atomic E-state index is 13.5. The number of nitrogens with one attached hydrogen (secondary N) is 1. The number of ether oxygens (including phenoxy) is 2. The van der Waals surface area contributed by atoms with Gasteiger partial charge in [-0.25, -0.2) is 9.69 Å².